The second-order valence-corrected chi connectivity index (χ2v) is 6.60. The topological polar surface area (TPSA) is 37.4 Å². The van der Waals surface area contributed by atoms with Gasteiger partial charge < -0.3 is 4.90 Å². The Morgan fingerprint density at radius 1 is 0.850 bits per heavy atom. The minimum atomic E-state index is 0.168. The minimum absolute atomic E-state index is 0.168. The quantitative estimate of drug-likeness (QED) is 0.769. The van der Waals surface area contributed by atoms with Crippen LogP contribution in [0.3, 0.4) is 0 Å². The molecule has 0 spiro atoms. The third kappa shape index (κ3) is 4.32. The molecule has 2 rings (SSSR count). The van der Waals surface area contributed by atoms with E-state index in [0.717, 1.165) is 25.7 Å². The number of ketones is 1. The predicted octanol–water partition coefficient (Wildman–Crippen LogP) is 3.71. The summed E-state index contributed by atoms with van der Waals surface area (Å²) in [6.07, 6.45) is 12.7. The molecule has 0 aromatic heterocycles. The van der Waals surface area contributed by atoms with Gasteiger partial charge in [-0.25, -0.2) is 0 Å². The van der Waals surface area contributed by atoms with Gasteiger partial charge in [-0.15, -0.1) is 0 Å². The van der Waals surface area contributed by atoms with E-state index in [1.807, 2.05) is 11.9 Å². The van der Waals surface area contributed by atoms with Crippen molar-refractivity contribution in [2.45, 2.75) is 83.1 Å². The molecule has 0 atom stereocenters. The smallest absolute Gasteiger partial charge is 0.223 e. The Morgan fingerprint density at radius 2 is 1.40 bits per heavy atom. The first kappa shape index (κ1) is 15.5. The summed E-state index contributed by atoms with van der Waals surface area (Å²) in [6.45, 7) is 0. The SMILES string of the molecule is CN(C(=O)CCC(=O)C1CCCCC1)C1CCCCC1. The maximum Gasteiger partial charge on any atom is 0.223 e. The van der Waals surface area contributed by atoms with Crippen LogP contribution in [0.4, 0.5) is 0 Å². The van der Waals surface area contributed by atoms with Crippen LogP contribution in [0.25, 0.3) is 0 Å². The molecule has 2 fully saturated rings. The highest BCUT2D eigenvalue weighted by Crippen LogP contribution is 2.26. The van der Waals surface area contributed by atoms with Crippen molar-refractivity contribution in [3.63, 3.8) is 0 Å². The van der Waals surface area contributed by atoms with Gasteiger partial charge in [0.15, 0.2) is 0 Å². The van der Waals surface area contributed by atoms with E-state index in [-0.39, 0.29) is 11.8 Å². The summed E-state index contributed by atoms with van der Waals surface area (Å²) in [6, 6.07) is 0.418. The summed E-state index contributed by atoms with van der Waals surface area (Å²) < 4.78 is 0. The number of hydrogen-bond acceptors (Lipinski definition) is 2. The maximum absolute atomic E-state index is 12.2. The monoisotopic (exact) mass is 279 g/mol. The Kier molecular flexibility index (Phi) is 6.06. The molecular weight excluding hydrogens is 250 g/mol. The molecule has 0 bridgehead atoms. The molecule has 20 heavy (non-hydrogen) atoms. The summed E-state index contributed by atoms with van der Waals surface area (Å²) in [7, 11) is 1.92. The van der Waals surface area contributed by atoms with Crippen LogP contribution in [0.5, 0.6) is 0 Å². The maximum atomic E-state index is 12.2. The number of hydrogen-bond donors (Lipinski definition) is 0. The zero-order valence-corrected chi connectivity index (χ0v) is 12.9. The molecule has 0 radical (unpaired) electrons. The van der Waals surface area contributed by atoms with E-state index >= 15 is 0 Å². The summed E-state index contributed by atoms with van der Waals surface area (Å²) in [5, 5.41) is 0. The molecule has 0 heterocycles. The van der Waals surface area contributed by atoms with Crippen molar-refractivity contribution in [1.29, 1.82) is 0 Å². The molecule has 0 unspecified atom stereocenters. The molecule has 0 aromatic carbocycles. The standard InChI is InChI=1S/C17H29NO2/c1-18(15-10-6-3-7-11-15)17(20)13-12-16(19)14-8-4-2-5-9-14/h14-15H,2-13H2,1H3. The molecule has 0 N–H and O–H groups in total. The molecule has 114 valence electrons. The van der Waals surface area contributed by atoms with Crippen LogP contribution in [-0.4, -0.2) is 29.7 Å². The predicted molar refractivity (Wildman–Crippen MR) is 80.5 cm³/mol. The molecule has 0 aromatic rings. The molecule has 1 amide bonds. The molecule has 0 aliphatic heterocycles. The first-order valence-corrected chi connectivity index (χ1v) is 8.47. The lowest BCUT2D eigenvalue weighted by Gasteiger charge is -2.31. The van der Waals surface area contributed by atoms with Crippen LogP contribution in [0.15, 0.2) is 0 Å². The second-order valence-electron chi connectivity index (χ2n) is 6.60. The fraction of sp³-hybridized carbons (Fsp3) is 0.882. The van der Waals surface area contributed by atoms with Gasteiger partial charge in [0, 0.05) is 31.8 Å². The summed E-state index contributed by atoms with van der Waals surface area (Å²) in [5.74, 6) is 0.743. The summed E-state index contributed by atoms with van der Waals surface area (Å²) in [5.41, 5.74) is 0. The molecule has 2 aliphatic carbocycles. The van der Waals surface area contributed by atoms with E-state index in [4.69, 9.17) is 0 Å². The number of amides is 1. The summed E-state index contributed by atoms with van der Waals surface area (Å²) >= 11 is 0. The number of carbonyl (C=O) groups is 2. The zero-order chi connectivity index (χ0) is 14.4. The Balaban J connectivity index is 1.71. The lowest BCUT2D eigenvalue weighted by molar-refractivity contribution is -0.135. The van der Waals surface area contributed by atoms with Crippen molar-refractivity contribution < 1.29 is 9.59 Å². The molecule has 3 heteroatoms. The average molecular weight is 279 g/mol. The van der Waals surface area contributed by atoms with E-state index in [1.165, 1.54) is 38.5 Å². The lowest BCUT2D eigenvalue weighted by atomic mass is 9.85. The molecular formula is C17H29NO2. The van der Waals surface area contributed by atoms with Crippen molar-refractivity contribution in [3.8, 4) is 0 Å². The second kappa shape index (κ2) is 7.80. The number of nitrogens with zero attached hydrogens (tertiary/aromatic N) is 1. The van der Waals surface area contributed by atoms with Crippen LogP contribution < -0.4 is 0 Å². The van der Waals surface area contributed by atoms with E-state index in [2.05, 4.69) is 0 Å². The Labute approximate surface area is 123 Å². The van der Waals surface area contributed by atoms with E-state index in [0.29, 0.717) is 24.7 Å². The number of carbonyl (C=O) groups excluding carboxylic acids is 2. The van der Waals surface area contributed by atoms with Crippen LogP contribution in [0.1, 0.15) is 77.0 Å². The van der Waals surface area contributed by atoms with Gasteiger partial charge in [0.1, 0.15) is 5.78 Å². The zero-order valence-electron chi connectivity index (χ0n) is 12.9. The van der Waals surface area contributed by atoms with Gasteiger partial charge in [0.2, 0.25) is 5.91 Å². The molecule has 0 saturated heterocycles. The highest BCUT2D eigenvalue weighted by molar-refractivity contribution is 5.86. The molecule has 2 aliphatic rings. The molecule has 2 saturated carbocycles. The fourth-order valence-electron chi connectivity index (χ4n) is 3.71. The Morgan fingerprint density at radius 3 is 2.00 bits per heavy atom. The fourth-order valence-corrected chi connectivity index (χ4v) is 3.71. The van der Waals surface area contributed by atoms with Gasteiger partial charge in [0.25, 0.3) is 0 Å². The minimum Gasteiger partial charge on any atom is -0.343 e. The van der Waals surface area contributed by atoms with E-state index < -0.39 is 0 Å². The summed E-state index contributed by atoms with van der Waals surface area (Å²) in [4.78, 5) is 26.2. The highest BCUT2D eigenvalue weighted by Gasteiger charge is 2.24. The number of rotatable bonds is 5. The van der Waals surface area contributed by atoms with Crippen molar-refractivity contribution in [2.24, 2.45) is 5.92 Å². The van der Waals surface area contributed by atoms with Crippen molar-refractivity contribution in [3.05, 3.63) is 0 Å². The normalized spacial score (nSPS) is 21.6. The van der Waals surface area contributed by atoms with Gasteiger partial charge in [-0.05, 0) is 25.7 Å². The van der Waals surface area contributed by atoms with E-state index in [9.17, 15) is 9.59 Å². The van der Waals surface area contributed by atoms with Crippen LogP contribution in [-0.2, 0) is 9.59 Å². The van der Waals surface area contributed by atoms with Crippen molar-refractivity contribution >= 4 is 11.7 Å². The average Bonchev–Trinajstić information content (AvgIpc) is 2.53. The first-order chi connectivity index (χ1) is 9.68. The third-order valence-electron chi connectivity index (χ3n) is 5.16. The van der Waals surface area contributed by atoms with Gasteiger partial charge in [-0.2, -0.15) is 0 Å². The lowest BCUT2D eigenvalue weighted by Crippen LogP contribution is -2.38. The molecule has 3 nitrogen and oxygen atoms in total. The third-order valence-corrected chi connectivity index (χ3v) is 5.16. The Hall–Kier alpha value is -0.860. The van der Waals surface area contributed by atoms with Gasteiger partial charge in [0.05, 0.1) is 0 Å². The van der Waals surface area contributed by atoms with Gasteiger partial charge in [-0.1, -0.05) is 38.5 Å². The largest absolute Gasteiger partial charge is 0.343 e. The first-order valence-electron chi connectivity index (χ1n) is 8.47. The number of Topliss-reactive ketones (excluding diaryl/α,β-unsaturated/α-hetero) is 1. The van der Waals surface area contributed by atoms with Gasteiger partial charge >= 0.3 is 0 Å². The van der Waals surface area contributed by atoms with E-state index in [1.54, 1.807) is 0 Å². The Bertz CT molecular complexity index is 328. The van der Waals surface area contributed by atoms with Crippen LogP contribution >= 0.6 is 0 Å². The van der Waals surface area contributed by atoms with Crippen LogP contribution in [0, 0.1) is 5.92 Å². The van der Waals surface area contributed by atoms with Gasteiger partial charge in [-0.3, -0.25) is 9.59 Å². The van der Waals surface area contributed by atoms with Crippen molar-refractivity contribution in [2.75, 3.05) is 7.05 Å². The highest BCUT2D eigenvalue weighted by atomic mass is 16.2. The van der Waals surface area contributed by atoms with Crippen LogP contribution in [0.2, 0.25) is 0 Å². The van der Waals surface area contributed by atoms with Crippen molar-refractivity contribution in [1.82, 2.24) is 4.90 Å².